The minimum absolute atomic E-state index is 0.145. The van der Waals surface area contributed by atoms with E-state index >= 15 is 0 Å². The Kier molecular flexibility index (Phi) is 6.14. The highest BCUT2D eigenvalue weighted by Crippen LogP contribution is 2.22. The monoisotopic (exact) mass is 414 g/mol. The van der Waals surface area contributed by atoms with Crippen LogP contribution in [0, 0.1) is 6.92 Å². The molecule has 0 unspecified atom stereocenters. The molecule has 0 atom stereocenters. The summed E-state index contributed by atoms with van der Waals surface area (Å²) in [6.45, 7) is 1.60. The van der Waals surface area contributed by atoms with Crippen molar-refractivity contribution in [1.82, 2.24) is 10.3 Å². The van der Waals surface area contributed by atoms with Crippen LogP contribution in [0.3, 0.4) is 0 Å². The lowest BCUT2D eigenvalue weighted by molar-refractivity contribution is 0.0950. The van der Waals surface area contributed by atoms with Crippen LogP contribution in [0.15, 0.2) is 53.4 Å². The number of nitrogens with one attached hydrogen (secondary N) is 1. The largest absolute Gasteiger partial charge is 0.497 e. The molecule has 0 spiro atoms. The van der Waals surface area contributed by atoms with E-state index in [0.29, 0.717) is 17.0 Å². The normalized spacial score (nSPS) is 11.4. The number of sulfone groups is 1. The second-order valence-electron chi connectivity index (χ2n) is 6.55. The molecule has 3 aromatic rings. The molecule has 2 aromatic carbocycles. The number of ether oxygens (including phenoxy) is 1. The van der Waals surface area contributed by atoms with E-state index in [-0.39, 0.29) is 23.1 Å². The van der Waals surface area contributed by atoms with E-state index in [9.17, 15) is 13.2 Å². The van der Waals surface area contributed by atoms with Gasteiger partial charge in [0.25, 0.3) is 5.91 Å². The molecule has 7 nitrogen and oxygen atoms in total. The molecule has 0 aliphatic carbocycles. The summed E-state index contributed by atoms with van der Waals surface area (Å²) in [5.74, 6) is 0.124. The van der Waals surface area contributed by atoms with Crippen LogP contribution in [-0.4, -0.2) is 43.9 Å². The molecule has 2 N–H and O–H groups in total. The van der Waals surface area contributed by atoms with Crippen LogP contribution in [0.25, 0.3) is 10.9 Å². The Morgan fingerprint density at radius 3 is 2.52 bits per heavy atom. The van der Waals surface area contributed by atoms with Gasteiger partial charge in [0, 0.05) is 18.0 Å². The SMILES string of the molecule is COc1ccc2cc(C(=O)NCc3ccc(S(=O)(=O)CCO)cc3)c(C)nc2c1. The molecule has 29 heavy (non-hydrogen) atoms. The number of hydrogen-bond acceptors (Lipinski definition) is 6. The Morgan fingerprint density at radius 2 is 1.86 bits per heavy atom. The highest BCUT2D eigenvalue weighted by molar-refractivity contribution is 7.91. The minimum Gasteiger partial charge on any atom is -0.497 e. The molecule has 0 saturated heterocycles. The molecule has 152 valence electrons. The standard InChI is InChI=1S/C21H22N2O5S/c1-14-19(11-16-5-6-17(28-2)12-20(16)23-14)21(25)22-13-15-3-7-18(8-4-15)29(26,27)10-9-24/h3-8,11-12,24H,9-10,13H2,1-2H3,(H,22,25). The van der Waals surface area contributed by atoms with Crippen LogP contribution >= 0.6 is 0 Å². The summed E-state index contributed by atoms with van der Waals surface area (Å²) in [7, 11) is -1.90. The summed E-state index contributed by atoms with van der Waals surface area (Å²) in [6, 6.07) is 13.5. The third-order valence-electron chi connectivity index (χ3n) is 4.56. The van der Waals surface area contributed by atoms with Crippen LogP contribution in [-0.2, 0) is 16.4 Å². The Labute approximate surface area is 169 Å². The number of aryl methyl sites for hydroxylation is 1. The maximum absolute atomic E-state index is 12.6. The second-order valence-corrected chi connectivity index (χ2v) is 8.66. The summed E-state index contributed by atoms with van der Waals surface area (Å²) < 4.78 is 29.1. The lowest BCUT2D eigenvalue weighted by atomic mass is 10.1. The van der Waals surface area contributed by atoms with Crippen LogP contribution in [0.5, 0.6) is 5.75 Å². The molecule has 0 aliphatic rings. The highest BCUT2D eigenvalue weighted by Gasteiger charge is 2.14. The maximum atomic E-state index is 12.6. The second kappa shape index (κ2) is 8.59. The number of fused-ring (bicyclic) bond motifs is 1. The van der Waals surface area contributed by atoms with Crippen LogP contribution in [0.1, 0.15) is 21.6 Å². The zero-order chi connectivity index (χ0) is 21.0. The molecular weight excluding hydrogens is 392 g/mol. The number of aliphatic hydroxyl groups excluding tert-OH is 1. The third-order valence-corrected chi connectivity index (χ3v) is 6.27. The number of rotatable bonds is 7. The van der Waals surface area contributed by atoms with E-state index in [2.05, 4.69) is 10.3 Å². The molecule has 3 rings (SSSR count). The number of aromatic nitrogens is 1. The van der Waals surface area contributed by atoms with Gasteiger partial charge >= 0.3 is 0 Å². The van der Waals surface area contributed by atoms with Crippen molar-refractivity contribution in [3.63, 3.8) is 0 Å². The molecule has 1 aromatic heterocycles. The van der Waals surface area contributed by atoms with Gasteiger partial charge < -0.3 is 15.2 Å². The van der Waals surface area contributed by atoms with Gasteiger partial charge in [-0.2, -0.15) is 0 Å². The number of nitrogens with zero attached hydrogens (tertiary/aromatic N) is 1. The van der Waals surface area contributed by atoms with Crippen LogP contribution in [0.2, 0.25) is 0 Å². The number of amides is 1. The lowest BCUT2D eigenvalue weighted by Crippen LogP contribution is -2.24. The number of pyridine rings is 1. The fourth-order valence-electron chi connectivity index (χ4n) is 2.93. The Morgan fingerprint density at radius 1 is 1.14 bits per heavy atom. The summed E-state index contributed by atoms with van der Waals surface area (Å²) in [5.41, 5.74) is 2.59. The first-order valence-corrected chi connectivity index (χ1v) is 10.7. The van der Waals surface area contributed by atoms with Gasteiger partial charge in [0.15, 0.2) is 9.84 Å². The first kappa shape index (κ1) is 20.8. The Bertz CT molecular complexity index is 1140. The molecule has 0 aliphatic heterocycles. The summed E-state index contributed by atoms with van der Waals surface area (Å²) >= 11 is 0. The number of carbonyl (C=O) groups is 1. The fourth-order valence-corrected chi connectivity index (χ4v) is 3.96. The average molecular weight is 414 g/mol. The maximum Gasteiger partial charge on any atom is 0.253 e. The van der Waals surface area contributed by atoms with Gasteiger partial charge in [-0.3, -0.25) is 9.78 Å². The van der Waals surface area contributed by atoms with Gasteiger partial charge in [-0.25, -0.2) is 8.42 Å². The molecule has 0 saturated carbocycles. The van der Waals surface area contributed by atoms with E-state index in [0.717, 1.165) is 16.5 Å². The quantitative estimate of drug-likeness (QED) is 0.614. The van der Waals surface area contributed by atoms with Crippen LogP contribution < -0.4 is 10.1 Å². The van der Waals surface area contributed by atoms with Crippen molar-refractivity contribution in [3.05, 3.63) is 65.4 Å². The Balaban J connectivity index is 1.73. The van der Waals surface area contributed by atoms with E-state index in [1.54, 1.807) is 32.2 Å². The number of hydrogen-bond donors (Lipinski definition) is 2. The number of aliphatic hydroxyl groups is 1. The smallest absolute Gasteiger partial charge is 0.253 e. The van der Waals surface area contributed by atoms with Crippen molar-refractivity contribution in [2.45, 2.75) is 18.4 Å². The number of carbonyl (C=O) groups excluding carboxylic acids is 1. The highest BCUT2D eigenvalue weighted by atomic mass is 32.2. The van der Waals surface area contributed by atoms with Gasteiger partial charge in [0.1, 0.15) is 5.75 Å². The van der Waals surface area contributed by atoms with Crippen molar-refractivity contribution in [2.75, 3.05) is 19.5 Å². The first-order valence-electron chi connectivity index (χ1n) is 9.00. The Hall–Kier alpha value is -2.97. The summed E-state index contributed by atoms with van der Waals surface area (Å²) in [4.78, 5) is 17.3. The number of benzene rings is 2. The van der Waals surface area contributed by atoms with E-state index in [4.69, 9.17) is 9.84 Å². The van der Waals surface area contributed by atoms with E-state index in [1.807, 2.05) is 18.2 Å². The zero-order valence-corrected chi connectivity index (χ0v) is 17.0. The topological polar surface area (TPSA) is 106 Å². The predicted molar refractivity (Wildman–Crippen MR) is 110 cm³/mol. The third kappa shape index (κ3) is 4.72. The number of methoxy groups -OCH3 is 1. The summed E-state index contributed by atoms with van der Waals surface area (Å²) in [5, 5.41) is 12.5. The van der Waals surface area contributed by atoms with E-state index in [1.165, 1.54) is 12.1 Å². The first-order chi connectivity index (χ1) is 13.8. The van der Waals surface area contributed by atoms with Crippen molar-refractivity contribution < 1.29 is 23.1 Å². The average Bonchev–Trinajstić information content (AvgIpc) is 2.71. The molecule has 0 radical (unpaired) electrons. The van der Waals surface area contributed by atoms with Crippen LogP contribution in [0.4, 0.5) is 0 Å². The van der Waals surface area contributed by atoms with Crippen molar-refractivity contribution in [3.8, 4) is 5.75 Å². The predicted octanol–water partition coefficient (Wildman–Crippen LogP) is 2.25. The molecule has 8 heteroatoms. The van der Waals surface area contributed by atoms with Crippen molar-refractivity contribution in [2.24, 2.45) is 0 Å². The van der Waals surface area contributed by atoms with Gasteiger partial charge in [-0.05, 0) is 42.8 Å². The molecular formula is C21H22N2O5S. The zero-order valence-electron chi connectivity index (χ0n) is 16.2. The fraction of sp³-hybridized carbons (Fsp3) is 0.238. The van der Waals surface area contributed by atoms with Gasteiger partial charge in [0.2, 0.25) is 0 Å². The molecule has 1 heterocycles. The van der Waals surface area contributed by atoms with Gasteiger partial charge in [0.05, 0.1) is 41.1 Å². The minimum atomic E-state index is -3.49. The van der Waals surface area contributed by atoms with Gasteiger partial charge in [-0.15, -0.1) is 0 Å². The molecule has 0 fully saturated rings. The van der Waals surface area contributed by atoms with Crippen molar-refractivity contribution >= 4 is 26.6 Å². The van der Waals surface area contributed by atoms with Gasteiger partial charge in [-0.1, -0.05) is 12.1 Å². The summed E-state index contributed by atoms with van der Waals surface area (Å²) in [6.07, 6.45) is 0. The molecule has 1 amide bonds. The van der Waals surface area contributed by atoms with E-state index < -0.39 is 16.4 Å². The van der Waals surface area contributed by atoms with Crippen molar-refractivity contribution in [1.29, 1.82) is 0 Å². The molecule has 0 bridgehead atoms. The lowest BCUT2D eigenvalue weighted by Gasteiger charge is -2.10.